The van der Waals surface area contributed by atoms with E-state index >= 15 is 0 Å². The van der Waals surface area contributed by atoms with Gasteiger partial charge in [0.2, 0.25) is 6.41 Å². The Balaban J connectivity index is 0. The summed E-state index contributed by atoms with van der Waals surface area (Å²) in [5.74, 6) is 0. The van der Waals surface area contributed by atoms with Crippen LogP contribution in [0.5, 0.6) is 0 Å². The number of nitrogens with zero attached hydrogens (tertiary/aromatic N) is 1. The summed E-state index contributed by atoms with van der Waals surface area (Å²) in [5.41, 5.74) is 0. The predicted molar refractivity (Wildman–Crippen MR) is 48.9 cm³/mol. The molecule has 0 bridgehead atoms. The number of rotatable bonds is 1. The van der Waals surface area contributed by atoms with Crippen molar-refractivity contribution in [2.24, 2.45) is 0 Å². The van der Waals surface area contributed by atoms with E-state index in [1.54, 1.807) is 14.1 Å². The third kappa shape index (κ3) is 60.9. The second kappa shape index (κ2) is 6.86. The van der Waals surface area contributed by atoms with Crippen LogP contribution in [-0.4, -0.2) is 35.0 Å². The summed E-state index contributed by atoms with van der Waals surface area (Å²) in [5, 5.41) is 0. The first-order valence-corrected chi connectivity index (χ1v) is 13.2. The van der Waals surface area contributed by atoms with Crippen LogP contribution < -0.4 is 0 Å². The van der Waals surface area contributed by atoms with E-state index < -0.39 is 9.55 Å². The molecule has 0 rings (SSSR count). The van der Waals surface area contributed by atoms with Crippen molar-refractivity contribution in [1.29, 1.82) is 0 Å². The van der Waals surface area contributed by atoms with Crippen LogP contribution in [0, 0.1) is 0 Å². The van der Waals surface area contributed by atoms with Crippen LogP contribution in [0.15, 0.2) is 0 Å². The summed E-state index contributed by atoms with van der Waals surface area (Å²) >= 11 is 0. The molecular weight excluding hydrogens is 280 g/mol. The van der Waals surface area contributed by atoms with Gasteiger partial charge in [0.05, 0.1) is 0 Å². The van der Waals surface area contributed by atoms with Gasteiger partial charge in [-0.2, -0.15) is 0 Å². The average Bonchev–Trinajstić information content (AvgIpc) is 1.61. The van der Waals surface area contributed by atoms with E-state index in [1.165, 1.54) is 4.90 Å². The summed E-state index contributed by atoms with van der Waals surface area (Å²) < 4.78 is 0. The van der Waals surface area contributed by atoms with E-state index in [2.05, 4.69) is 0 Å². The molecule has 0 aromatic heterocycles. The van der Waals surface area contributed by atoms with Gasteiger partial charge in [-0.25, -0.2) is 0 Å². The summed E-state index contributed by atoms with van der Waals surface area (Å²) in [6.07, 6.45) is 0.750. The number of carbonyl (C=O) groups excluding carboxylic acids is 1. The standard InChI is InChI=1S/C3H7NO.Cl4Ge/c1-4(2)3-5;1-5(2,3)4/h3H,1-2H3;. The van der Waals surface area contributed by atoms with E-state index in [4.69, 9.17) is 40.0 Å². The number of halogens is 4. The SMILES string of the molecule is CN(C)C=O.[Cl][Ge]([Cl])([Cl])[Cl]. The van der Waals surface area contributed by atoms with Gasteiger partial charge >= 0.3 is 49.6 Å². The molecule has 2 nitrogen and oxygen atoms in total. The van der Waals surface area contributed by atoms with E-state index in [0.29, 0.717) is 0 Å². The first kappa shape index (κ1) is 13.7. The second-order valence-electron chi connectivity index (χ2n) is 1.50. The molecule has 0 radical (unpaired) electrons. The maximum absolute atomic E-state index is 9.43. The van der Waals surface area contributed by atoms with Gasteiger partial charge in [-0.3, -0.25) is 4.79 Å². The van der Waals surface area contributed by atoms with Gasteiger partial charge in [0.1, 0.15) is 0 Å². The third-order valence-electron chi connectivity index (χ3n) is 0.211. The number of carbonyl (C=O) groups is 1. The molecular formula is C3H7Cl4GeNO. The fourth-order valence-electron chi connectivity index (χ4n) is 0. The van der Waals surface area contributed by atoms with Crippen molar-refractivity contribution in [1.82, 2.24) is 4.90 Å². The van der Waals surface area contributed by atoms with Crippen LogP contribution in [0.3, 0.4) is 0 Å². The van der Waals surface area contributed by atoms with Crippen molar-refractivity contribution in [2.45, 2.75) is 0 Å². The Hall–Kier alpha value is 1.17. The van der Waals surface area contributed by atoms with Gasteiger partial charge in [0, 0.05) is 14.1 Å². The van der Waals surface area contributed by atoms with Crippen molar-refractivity contribution in [2.75, 3.05) is 14.1 Å². The average molecular weight is 288 g/mol. The molecule has 7 heteroatoms. The van der Waals surface area contributed by atoms with Crippen LogP contribution in [0.25, 0.3) is 0 Å². The molecule has 0 aromatic rings. The van der Waals surface area contributed by atoms with Gasteiger partial charge in [-0.15, -0.1) is 0 Å². The zero-order valence-electron chi connectivity index (χ0n) is 5.44. The molecule has 10 heavy (non-hydrogen) atoms. The Labute approximate surface area is 79.5 Å². The van der Waals surface area contributed by atoms with Crippen LogP contribution in [-0.2, 0) is 4.79 Å². The first-order chi connectivity index (χ1) is 4.27. The topological polar surface area (TPSA) is 20.3 Å². The third-order valence-corrected chi connectivity index (χ3v) is 0.211. The molecule has 0 aliphatic carbocycles. The van der Waals surface area contributed by atoms with E-state index in [-0.39, 0.29) is 0 Å². The monoisotopic (exact) mass is 287 g/mol. The van der Waals surface area contributed by atoms with Crippen LogP contribution in [0.2, 0.25) is 0 Å². The van der Waals surface area contributed by atoms with Gasteiger partial charge in [0.15, 0.2) is 0 Å². The van der Waals surface area contributed by atoms with Crippen molar-refractivity contribution < 1.29 is 4.79 Å². The van der Waals surface area contributed by atoms with Gasteiger partial charge in [-0.05, 0) is 0 Å². The molecule has 0 aliphatic heterocycles. The molecule has 0 spiro atoms. The molecule has 0 aromatic carbocycles. The van der Waals surface area contributed by atoms with Gasteiger partial charge in [0.25, 0.3) is 0 Å². The van der Waals surface area contributed by atoms with Crippen molar-refractivity contribution >= 4 is 56.0 Å². The predicted octanol–water partition coefficient (Wildman–Crippen LogP) is 2.08. The van der Waals surface area contributed by atoms with Crippen LogP contribution >= 0.6 is 40.0 Å². The number of amides is 1. The Morgan fingerprint density at radius 3 is 1.30 bits per heavy atom. The van der Waals surface area contributed by atoms with Crippen LogP contribution in [0.4, 0.5) is 0 Å². The zero-order valence-corrected chi connectivity index (χ0v) is 10.6. The number of hydrogen-bond acceptors (Lipinski definition) is 1. The molecule has 0 aliphatic rings. The Morgan fingerprint density at radius 2 is 1.30 bits per heavy atom. The van der Waals surface area contributed by atoms with E-state index in [0.717, 1.165) is 6.41 Å². The Morgan fingerprint density at radius 1 is 1.20 bits per heavy atom. The molecule has 0 unspecified atom stereocenters. The van der Waals surface area contributed by atoms with E-state index in [9.17, 15) is 4.79 Å². The first-order valence-electron chi connectivity index (χ1n) is 2.14. The van der Waals surface area contributed by atoms with Crippen molar-refractivity contribution in [3.63, 3.8) is 0 Å². The van der Waals surface area contributed by atoms with Crippen molar-refractivity contribution in [3.8, 4) is 0 Å². The molecule has 1 amide bonds. The van der Waals surface area contributed by atoms with E-state index in [1.807, 2.05) is 0 Å². The minimum atomic E-state index is -3.11. The normalized spacial score (nSPS) is 9.40. The summed E-state index contributed by atoms with van der Waals surface area (Å²) in [6, 6.07) is 0. The van der Waals surface area contributed by atoms with Crippen molar-refractivity contribution in [3.05, 3.63) is 0 Å². The number of hydrogen-bond donors (Lipinski definition) is 0. The minimum absolute atomic E-state index is 0.750. The summed E-state index contributed by atoms with van der Waals surface area (Å²) in [6.45, 7) is 0. The summed E-state index contributed by atoms with van der Waals surface area (Å²) in [7, 11) is 20.3. The molecule has 0 N–H and O–H groups in total. The summed E-state index contributed by atoms with van der Waals surface area (Å²) in [4.78, 5) is 10.9. The molecule has 0 fully saturated rings. The maximum atomic E-state index is 9.43. The molecule has 0 heterocycles. The molecule has 0 saturated carbocycles. The molecule has 62 valence electrons. The Bertz CT molecular complexity index is 87.0. The fourth-order valence-corrected chi connectivity index (χ4v) is 0. The zero-order chi connectivity index (χ0) is 8.78. The quantitative estimate of drug-likeness (QED) is 0.534. The fraction of sp³-hybridized carbons (Fsp3) is 0.667. The molecule has 0 atom stereocenters. The second-order valence-corrected chi connectivity index (χ2v) is 21.1. The van der Waals surface area contributed by atoms with Gasteiger partial charge in [-0.1, -0.05) is 0 Å². The Kier molecular flexibility index (Phi) is 9.42. The van der Waals surface area contributed by atoms with Crippen LogP contribution in [0.1, 0.15) is 0 Å². The molecule has 0 saturated heterocycles. The van der Waals surface area contributed by atoms with Gasteiger partial charge < -0.3 is 4.90 Å².